The molecule has 1 heterocycles. The van der Waals surface area contributed by atoms with Gasteiger partial charge in [0.15, 0.2) is 0 Å². The zero-order valence-corrected chi connectivity index (χ0v) is 10.6. The number of non-ortho nitro benzene ring substituents is 1. The molecule has 0 aliphatic carbocycles. The molecule has 1 aromatic rings. The number of carbonyl (C=O) groups is 1. The van der Waals surface area contributed by atoms with E-state index in [1.807, 2.05) is 13.8 Å². The molecule has 19 heavy (non-hydrogen) atoms. The number of nitro benzene ring substituents is 1. The average molecular weight is 266 g/mol. The van der Waals surface area contributed by atoms with Crippen LogP contribution >= 0.6 is 0 Å². The molecule has 0 fully saturated rings. The highest BCUT2D eigenvalue weighted by atomic mass is 16.6. The number of nitrogens with zero attached hydrogens (tertiary/aromatic N) is 2. The van der Waals surface area contributed by atoms with Gasteiger partial charge in [0.2, 0.25) is 0 Å². The van der Waals surface area contributed by atoms with Gasteiger partial charge in [-0.15, -0.1) is 0 Å². The number of hydrogen-bond acceptors (Lipinski definition) is 5. The third kappa shape index (κ3) is 2.75. The molecule has 7 heteroatoms. The molecule has 0 saturated carbocycles. The zero-order chi connectivity index (χ0) is 14.2. The van der Waals surface area contributed by atoms with Gasteiger partial charge in [0.25, 0.3) is 5.69 Å². The molecule has 0 amide bonds. The summed E-state index contributed by atoms with van der Waals surface area (Å²) in [5.41, 5.74) is -0.188. The topological polar surface area (TPSA) is 92.9 Å². The summed E-state index contributed by atoms with van der Waals surface area (Å²) in [5, 5.41) is 19.7. The quantitative estimate of drug-likeness (QED) is 0.660. The molecule has 7 nitrogen and oxygen atoms in total. The van der Waals surface area contributed by atoms with E-state index in [-0.39, 0.29) is 12.2 Å². The molecule has 2 rings (SSSR count). The van der Waals surface area contributed by atoms with Crippen molar-refractivity contribution < 1.29 is 19.6 Å². The lowest BCUT2D eigenvalue weighted by Crippen LogP contribution is -2.48. The van der Waals surface area contributed by atoms with Crippen LogP contribution in [0.4, 0.5) is 11.4 Å². The second kappa shape index (κ2) is 4.42. The van der Waals surface area contributed by atoms with Crippen LogP contribution in [0.5, 0.6) is 5.75 Å². The van der Waals surface area contributed by atoms with Gasteiger partial charge in [0.1, 0.15) is 17.9 Å². The van der Waals surface area contributed by atoms with Gasteiger partial charge in [0.05, 0.1) is 17.2 Å². The molecule has 0 spiro atoms. The van der Waals surface area contributed by atoms with E-state index in [1.165, 1.54) is 18.2 Å². The van der Waals surface area contributed by atoms with Crippen LogP contribution in [0, 0.1) is 10.1 Å². The Morgan fingerprint density at radius 1 is 1.58 bits per heavy atom. The van der Waals surface area contributed by atoms with Crippen molar-refractivity contribution >= 4 is 17.3 Å². The number of benzene rings is 1. The number of anilines is 1. The van der Waals surface area contributed by atoms with Gasteiger partial charge in [-0.05, 0) is 19.9 Å². The Bertz CT molecular complexity index is 541. The monoisotopic (exact) mass is 266 g/mol. The Morgan fingerprint density at radius 2 is 2.26 bits per heavy atom. The van der Waals surface area contributed by atoms with Gasteiger partial charge in [-0.3, -0.25) is 14.9 Å². The summed E-state index contributed by atoms with van der Waals surface area (Å²) < 4.78 is 5.71. The van der Waals surface area contributed by atoms with Crippen LogP contribution in [0.1, 0.15) is 13.8 Å². The number of carboxylic acids is 1. The van der Waals surface area contributed by atoms with E-state index >= 15 is 0 Å². The highest BCUT2D eigenvalue weighted by Gasteiger charge is 2.33. The molecule has 1 N–H and O–H groups in total. The Balaban J connectivity index is 2.45. The first kappa shape index (κ1) is 13.1. The number of hydrogen-bond donors (Lipinski definition) is 1. The van der Waals surface area contributed by atoms with Crippen LogP contribution in [-0.4, -0.2) is 34.7 Å². The summed E-state index contributed by atoms with van der Waals surface area (Å²) in [7, 11) is 0. The van der Waals surface area contributed by atoms with E-state index in [4.69, 9.17) is 9.84 Å². The zero-order valence-electron chi connectivity index (χ0n) is 10.6. The summed E-state index contributed by atoms with van der Waals surface area (Å²) in [4.78, 5) is 22.7. The van der Waals surface area contributed by atoms with Crippen LogP contribution in [0.25, 0.3) is 0 Å². The second-order valence-corrected chi connectivity index (χ2v) is 5.02. The lowest BCUT2D eigenvalue weighted by atomic mass is 10.0. The summed E-state index contributed by atoms with van der Waals surface area (Å²) in [6.07, 6.45) is 0. The number of fused-ring (bicyclic) bond motifs is 1. The molecule has 0 atom stereocenters. The van der Waals surface area contributed by atoms with Crippen molar-refractivity contribution in [3.05, 3.63) is 28.3 Å². The largest absolute Gasteiger partial charge is 0.484 e. The average Bonchev–Trinajstić information content (AvgIpc) is 2.25. The van der Waals surface area contributed by atoms with Gasteiger partial charge in [0, 0.05) is 12.1 Å². The first-order valence-corrected chi connectivity index (χ1v) is 5.73. The number of nitro groups is 1. The molecule has 0 bridgehead atoms. The highest BCUT2D eigenvalue weighted by molar-refractivity contribution is 5.76. The fourth-order valence-corrected chi connectivity index (χ4v) is 2.13. The molecule has 0 saturated heterocycles. The third-order valence-corrected chi connectivity index (χ3v) is 2.78. The lowest BCUT2D eigenvalue weighted by Gasteiger charge is -2.40. The predicted molar refractivity (Wildman–Crippen MR) is 67.7 cm³/mol. The van der Waals surface area contributed by atoms with Crippen LogP contribution in [0.2, 0.25) is 0 Å². The molecule has 0 unspecified atom stereocenters. The second-order valence-electron chi connectivity index (χ2n) is 5.02. The maximum atomic E-state index is 10.9. The smallest absolute Gasteiger partial charge is 0.323 e. The number of aliphatic carboxylic acids is 1. The van der Waals surface area contributed by atoms with Crippen LogP contribution in [-0.2, 0) is 4.79 Å². The molecular weight excluding hydrogens is 252 g/mol. The Kier molecular flexibility index (Phi) is 3.05. The number of carboxylic acid groups (broad SMARTS) is 1. The van der Waals surface area contributed by atoms with Crippen molar-refractivity contribution in [2.45, 2.75) is 19.4 Å². The number of rotatable bonds is 3. The summed E-state index contributed by atoms with van der Waals surface area (Å²) >= 11 is 0. The maximum Gasteiger partial charge on any atom is 0.323 e. The minimum atomic E-state index is -0.991. The number of ether oxygens (including phenoxy) is 1. The van der Waals surface area contributed by atoms with Crippen molar-refractivity contribution in [1.29, 1.82) is 0 Å². The van der Waals surface area contributed by atoms with Crippen LogP contribution in [0.15, 0.2) is 18.2 Å². The van der Waals surface area contributed by atoms with Crippen LogP contribution in [0.3, 0.4) is 0 Å². The van der Waals surface area contributed by atoms with Crippen molar-refractivity contribution in [2.24, 2.45) is 0 Å². The Labute approximate surface area is 109 Å². The van der Waals surface area contributed by atoms with Gasteiger partial charge < -0.3 is 14.7 Å². The van der Waals surface area contributed by atoms with Crippen molar-refractivity contribution in [3.63, 3.8) is 0 Å². The van der Waals surface area contributed by atoms with E-state index in [9.17, 15) is 14.9 Å². The van der Waals surface area contributed by atoms with Gasteiger partial charge in [-0.2, -0.15) is 0 Å². The van der Waals surface area contributed by atoms with Gasteiger partial charge in [-0.25, -0.2) is 0 Å². The molecule has 1 aliphatic rings. The molecule has 102 valence electrons. The lowest BCUT2D eigenvalue weighted by molar-refractivity contribution is -0.384. The highest BCUT2D eigenvalue weighted by Crippen LogP contribution is 2.38. The third-order valence-electron chi connectivity index (χ3n) is 2.78. The fraction of sp³-hybridized carbons (Fsp3) is 0.417. The molecule has 1 aromatic carbocycles. The standard InChI is InChI=1S/C12H14N2O5/c1-12(2)7-13(6-11(15)16)9-5-8(14(17)18)3-4-10(9)19-12/h3-5H,6-7H2,1-2H3,(H,15,16). The Hall–Kier alpha value is -2.31. The predicted octanol–water partition coefficient (Wildman–Crippen LogP) is 1.66. The maximum absolute atomic E-state index is 10.9. The van der Waals surface area contributed by atoms with E-state index in [0.717, 1.165) is 0 Å². The molecule has 0 radical (unpaired) electrons. The van der Waals surface area contributed by atoms with E-state index in [0.29, 0.717) is 18.0 Å². The summed E-state index contributed by atoms with van der Waals surface area (Å²) in [6, 6.07) is 4.19. The van der Waals surface area contributed by atoms with Gasteiger partial charge in [-0.1, -0.05) is 0 Å². The molecular formula is C12H14N2O5. The first-order valence-electron chi connectivity index (χ1n) is 5.73. The SMILES string of the molecule is CC1(C)CN(CC(=O)O)c2cc([N+](=O)[O-])ccc2O1. The van der Waals surface area contributed by atoms with Crippen LogP contribution < -0.4 is 9.64 Å². The summed E-state index contributed by atoms with van der Waals surface area (Å²) in [5.74, 6) is -0.529. The minimum Gasteiger partial charge on any atom is -0.484 e. The minimum absolute atomic E-state index is 0.0857. The van der Waals surface area contributed by atoms with E-state index < -0.39 is 16.5 Å². The summed E-state index contributed by atoms with van der Waals surface area (Å²) in [6.45, 7) is 3.81. The fourth-order valence-electron chi connectivity index (χ4n) is 2.13. The normalized spacial score (nSPS) is 16.4. The van der Waals surface area contributed by atoms with Crippen molar-refractivity contribution in [3.8, 4) is 5.75 Å². The van der Waals surface area contributed by atoms with Crippen molar-refractivity contribution in [2.75, 3.05) is 18.0 Å². The van der Waals surface area contributed by atoms with Crippen molar-refractivity contribution in [1.82, 2.24) is 0 Å². The van der Waals surface area contributed by atoms with E-state index in [2.05, 4.69) is 0 Å². The Morgan fingerprint density at radius 3 is 2.84 bits per heavy atom. The van der Waals surface area contributed by atoms with E-state index in [1.54, 1.807) is 4.90 Å². The first-order chi connectivity index (χ1) is 8.78. The molecule has 0 aromatic heterocycles. The van der Waals surface area contributed by atoms with Gasteiger partial charge >= 0.3 is 5.97 Å². The molecule has 1 aliphatic heterocycles.